The van der Waals surface area contributed by atoms with E-state index in [0.717, 1.165) is 21.9 Å². The van der Waals surface area contributed by atoms with Gasteiger partial charge in [-0.05, 0) is 54.2 Å². The highest BCUT2D eigenvalue weighted by Gasteiger charge is 2.35. The lowest BCUT2D eigenvalue weighted by molar-refractivity contribution is 0.704. The molecule has 0 amide bonds. The first-order valence-corrected chi connectivity index (χ1v) is 6.83. The first-order valence-electron chi connectivity index (χ1n) is 5.75. The molecule has 2 fully saturated rings. The normalized spacial score (nSPS) is 19.8. The van der Waals surface area contributed by atoms with Crippen LogP contribution in [0.5, 0.6) is 0 Å². The van der Waals surface area contributed by atoms with Crippen LogP contribution in [-0.2, 0) is 0 Å². The molecule has 1 N–H and O–H groups in total. The summed E-state index contributed by atoms with van der Waals surface area (Å²) in [6.45, 7) is 1.08. The van der Waals surface area contributed by atoms with Crippen LogP contribution in [0.25, 0.3) is 0 Å². The Labute approximate surface area is 108 Å². The van der Waals surface area contributed by atoms with Crippen molar-refractivity contribution in [1.29, 1.82) is 0 Å². The lowest BCUT2D eigenvalue weighted by Gasteiger charge is -2.23. The Morgan fingerprint density at radius 1 is 1.44 bits per heavy atom. The number of aromatic amines is 1. The molecule has 2 aliphatic rings. The van der Waals surface area contributed by atoms with E-state index in [4.69, 9.17) is 0 Å². The van der Waals surface area contributed by atoms with Crippen LogP contribution in [0, 0.1) is 9.49 Å². The maximum atomic E-state index is 11.6. The molecular formula is C11H14IN3O. The topological polar surface area (TPSA) is 49.0 Å². The van der Waals surface area contributed by atoms with Gasteiger partial charge in [0, 0.05) is 12.6 Å². The third-order valence-electron chi connectivity index (χ3n) is 3.19. The van der Waals surface area contributed by atoms with Crippen LogP contribution in [0.2, 0.25) is 0 Å². The zero-order valence-electron chi connectivity index (χ0n) is 8.95. The molecule has 0 unspecified atom stereocenters. The van der Waals surface area contributed by atoms with Crippen molar-refractivity contribution in [3.63, 3.8) is 0 Å². The van der Waals surface area contributed by atoms with Crippen molar-refractivity contribution in [3.05, 3.63) is 20.3 Å². The molecule has 0 radical (unpaired) electrons. The van der Waals surface area contributed by atoms with Crippen molar-refractivity contribution in [2.24, 2.45) is 5.92 Å². The van der Waals surface area contributed by atoms with Gasteiger partial charge in [-0.2, -0.15) is 0 Å². The second kappa shape index (κ2) is 4.01. The van der Waals surface area contributed by atoms with E-state index in [0.29, 0.717) is 6.04 Å². The van der Waals surface area contributed by atoms with Gasteiger partial charge < -0.3 is 9.88 Å². The van der Waals surface area contributed by atoms with Crippen LogP contribution < -0.4 is 10.5 Å². The maximum absolute atomic E-state index is 11.6. The molecule has 0 spiro atoms. The summed E-state index contributed by atoms with van der Waals surface area (Å²) in [5.74, 6) is 1.72. The minimum absolute atomic E-state index is 0.0213. The highest BCUT2D eigenvalue weighted by atomic mass is 127. The lowest BCUT2D eigenvalue weighted by atomic mass is 10.3. The molecule has 1 aromatic heterocycles. The Kier molecular flexibility index (Phi) is 2.65. The van der Waals surface area contributed by atoms with Gasteiger partial charge in [-0.15, -0.1) is 0 Å². The lowest BCUT2D eigenvalue weighted by Crippen LogP contribution is -2.31. The van der Waals surface area contributed by atoms with E-state index < -0.39 is 0 Å². The molecule has 0 aliphatic heterocycles. The minimum atomic E-state index is -0.0213. The van der Waals surface area contributed by atoms with Crippen molar-refractivity contribution in [2.45, 2.75) is 31.7 Å². The number of H-pyrrole nitrogens is 1. The number of nitrogens with one attached hydrogen (secondary N) is 1. The van der Waals surface area contributed by atoms with Gasteiger partial charge in [0.2, 0.25) is 0 Å². The first-order chi connectivity index (χ1) is 7.75. The molecule has 86 valence electrons. The summed E-state index contributed by atoms with van der Waals surface area (Å²) in [6, 6.07) is 0.628. The fraction of sp³-hybridized carbons (Fsp3) is 0.636. The number of rotatable bonds is 4. The molecule has 2 saturated carbocycles. The van der Waals surface area contributed by atoms with Crippen LogP contribution in [0.1, 0.15) is 25.7 Å². The van der Waals surface area contributed by atoms with Crippen LogP contribution in [0.4, 0.5) is 5.82 Å². The molecule has 0 aromatic carbocycles. The van der Waals surface area contributed by atoms with Gasteiger partial charge in [-0.3, -0.25) is 4.79 Å². The average Bonchev–Trinajstić information content (AvgIpc) is 3.14. The number of halogens is 1. The Hall–Kier alpha value is -0.590. The van der Waals surface area contributed by atoms with Gasteiger partial charge in [-0.1, -0.05) is 0 Å². The molecule has 1 heterocycles. The Bertz CT molecular complexity index is 451. The van der Waals surface area contributed by atoms with Gasteiger partial charge in [-0.25, -0.2) is 4.98 Å². The largest absolute Gasteiger partial charge is 0.352 e. The predicted molar refractivity (Wildman–Crippen MR) is 70.7 cm³/mol. The van der Waals surface area contributed by atoms with Gasteiger partial charge in [0.25, 0.3) is 5.56 Å². The van der Waals surface area contributed by atoms with E-state index in [1.165, 1.54) is 32.0 Å². The van der Waals surface area contributed by atoms with Gasteiger partial charge in [0.1, 0.15) is 9.39 Å². The zero-order valence-corrected chi connectivity index (χ0v) is 11.1. The Morgan fingerprint density at radius 3 is 2.81 bits per heavy atom. The van der Waals surface area contributed by atoms with Crippen LogP contribution in [0.15, 0.2) is 11.1 Å². The van der Waals surface area contributed by atoms with E-state index in [9.17, 15) is 4.79 Å². The second-order valence-electron chi connectivity index (χ2n) is 4.70. The number of nitrogens with zero attached hydrogens (tertiary/aromatic N) is 2. The summed E-state index contributed by atoms with van der Waals surface area (Å²) in [7, 11) is 0. The van der Waals surface area contributed by atoms with Crippen LogP contribution in [0.3, 0.4) is 0 Å². The number of aromatic nitrogens is 2. The summed E-state index contributed by atoms with van der Waals surface area (Å²) in [6.07, 6.45) is 6.68. The van der Waals surface area contributed by atoms with E-state index in [-0.39, 0.29) is 5.56 Å². The molecular weight excluding hydrogens is 317 g/mol. The fourth-order valence-corrected chi connectivity index (χ4v) is 2.55. The summed E-state index contributed by atoms with van der Waals surface area (Å²) in [4.78, 5) is 20.9. The molecule has 16 heavy (non-hydrogen) atoms. The zero-order chi connectivity index (χ0) is 11.1. The van der Waals surface area contributed by atoms with Crippen LogP contribution >= 0.6 is 22.6 Å². The third-order valence-corrected chi connectivity index (χ3v) is 4.16. The summed E-state index contributed by atoms with van der Waals surface area (Å²) < 4.78 is 0.729. The van der Waals surface area contributed by atoms with Crippen molar-refractivity contribution < 1.29 is 0 Å². The van der Waals surface area contributed by atoms with Crippen LogP contribution in [-0.4, -0.2) is 22.6 Å². The third kappa shape index (κ3) is 2.09. The Morgan fingerprint density at radius 2 is 2.19 bits per heavy atom. The average molecular weight is 331 g/mol. The first kappa shape index (κ1) is 10.6. The standard InChI is InChI=1S/C11H14IN3O/c12-9-10(13-6-14-11(9)16)15(8-3-4-8)5-7-1-2-7/h6-8H,1-5H2,(H,13,14,16). The molecule has 0 saturated heterocycles. The molecule has 1 aromatic rings. The number of anilines is 1. The highest BCUT2D eigenvalue weighted by Crippen LogP contribution is 2.37. The molecule has 2 aliphatic carbocycles. The Balaban J connectivity index is 1.91. The minimum Gasteiger partial charge on any atom is -0.352 e. The molecule has 3 rings (SSSR count). The fourth-order valence-electron chi connectivity index (χ4n) is 1.95. The van der Waals surface area contributed by atoms with Gasteiger partial charge in [0.05, 0.1) is 6.33 Å². The predicted octanol–water partition coefficient (Wildman–Crippen LogP) is 1.75. The van der Waals surface area contributed by atoms with E-state index in [2.05, 4.69) is 37.5 Å². The number of hydrogen-bond acceptors (Lipinski definition) is 3. The van der Waals surface area contributed by atoms with E-state index in [1.807, 2.05) is 0 Å². The molecule has 0 bridgehead atoms. The second-order valence-corrected chi connectivity index (χ2v) is 5.77. The quantitative estimate of drug-likeness (QED) is 0.856. The van der Waals surface area contributed by atoms with E-state index in [1.54, 1.807) is 0 Å². The molecule has 5 heteroatoms. The SMILES string of the molecule is O=c1[nH]cnc(N(CC2CC2)C2CC2)c1I. The van der Waals surface area contributed by atoms with Crippen molar-refractivity contribution >= 4 is 28.4 Å². The van der Waals surface area contributed by atoms with Crippen molar-refractivity contribution in [1.82, 2.24) is 9.97 Å². The highest BCUT2D eigenvalue weighted by molar-refractivity contribution is 14.1. The van der Waals surface area contributed by atoms with E-state index >= 15 is 0 Å². The number of hydrogen-bond donors (Lipinski definition) is 1. The molecule has 4 nitrogen and oxygen atoms in total. The monoisotopic (exact) mass is 331 g/mol. The summed E-state index contributed by atoms with van der Waals surface area (Å²) in [5.41, 5.74) is -0.0213. The van der Waals surface area contributed by atoms with Gasteiger partial charge in [0.15, 0.2) is 0 Å². The molecule has 0 atom stereocenters. The summed E-state index contributed by atoms with van der Waals surface area (Å²) in [5, 5.41) is 0. The summed E-state index contributed by atoms with van der Waals surface area (Å²) >= 11 is 2.10. The van der Waals surface area contributed by atoms with Crippen molar-refractivity contribution in [2.75, 3.05) is 11.4 Å². The van der Waals surface area contributed by atoms with Crippen molar-refractivity contribution in [3.8, 4) is 0 Å². The maximum Gasteiger partial charge on any atom is 0.266 e. The van der Waals surface area contributed by atoms with Gasteiger partial charge >= 0.3 is 0 Å². The smallest absolute Gasteiger partial charge is 0.266 e.